The van der Waals surface area contributed by atoms with Crippen molar-refractivity contribution in [3.05, 3.63) is 108 Å². The number of fused-ring (bicyclic) bond motifs is 8. The predicted molar refractivity (Wildman–Crippen MR) is 179 cm³/mol. The fraction of sp³-hybridized carbons (Fsp3) is 0.243. The van der Waals surface area contributed by atoms with Gasteiger partial charge < -0.3 is 29.7 Å². The highest BCUT2D eigenvalue weighted by atomic mass is 16.5. The van der Waals surface area contributed by atoms with Crippen LogP contribution >= 0.6 is 0 Å². The highest BCUT2D eigenvalue weighted by molar-refractivity contribution is 5.96. The van der Waals surface area contributed by atoms with Gasteiger partial charge in [-0.05, 0) is 59.7 Å². The average molecular weight is 646 g/mol. The number of piperidine rings is 1. The first-order chi connectivity index (χ1) is 23.4. The van der Waals surface area contributed by atoms with E-state index in [0.29, 0.717) is 47.9 Å². The van der Waals surface area contributed by atoms with Crippen molar-refractivity contribution in [2.24, 2.45) is 0 Å². The molecule has 0 spiro atoms. The summed E-state index contributed by atoms with van der Waals surface area (Å²) in [5, 5.41) is 14.3. The minimum absolute atomic E-state index is 0.0659. The van der Waals surface area contributed by atoms with Crippen LogP contribution in [0, 0.1) is 0 Å². The number of carbonyl (C=O) groups excluding carboxylic acids is 3. The monoisotopic (exact) mass is 645 g/mol. The summed E-state index contributed by atoms with van der Waals surface area (Å²) in [6.45, 7) is 0.924. The lowest BCUT2D eigenvalue weighted by molar-refractivity contribution is -0.133. The number of benzene rings is 4. The van der Waals surface area contributed by atoms with E-state index in [1.807, 2.05) is 60.7 Å². The molecule has 4 aromatic carbocycles. The summed E-state index contributed by atoms with van der Waals surface area (Å²) in [6.07, 6.45) is 0.280. The number of methoxy groups -OCH3 is 1. The van der Waals surface area contributed by atoms with Gasteiger partial charge in [0.1, 0.15) is 23.4 Å². The third-order valence-electron chi connectivity index (χ3n) is 8.76. The summed E-state index contributed by atoms with van der Waals surface area (Å²) >= 11 is 0. The van der Waals surface area contributed by atoms with Gasteiger partial charge in [-0.15, -0.1) is 0 Å². The number of hydrogen-bond donors (Lipinski definition) is 3. The lowest BCUT2D eigenvalue weighted by atomic mass is 9.98. The molecule has 8 rings (SSSR count). The maximum Gasteiger partial charge on any atom is 0.258 e. The summed E-state index contributed by atoms with van der Waals surface area (Å²) < 4.78 is 17.9. The molecule has 48 heavy (non-hydrogen) atoms. The molecule has 1 aromatic heterocycles. The molecule has 3 amide bonds. The van der Waals surface area contributed by atoms with Crippen molar-refractivity contribution in [3.8, 4) is 28.4 Å². The number of aromatic amines is 1. The first kappa shape index (κ1) is 30.8. The molecule has 3 aliphatic heterocycles. The number of hydrogen-bond acceptors (Lipinski definition) is 7. The van der Waals surface area contributed by atoms with Gasteiger partial charge in [-0.3, -0.25) is 19.5 Å². The summed E-state index contributed by atoms with van der Waals surface area (Å²) in [7, 11) is 1.57. The molecule has 3 N–H and O–H groups in total. The highest BCUT2D eigenvalue weighted by Crippen LogP contribution is 2.33. The molecule has 4 heterocycles. The van der Waals surface area contributed by atoms with Crippen LogP contribution in [-0.2, 0) is 22.6 Å². The molecule has 0 radical (unpaired) electrons. The Balaban J connectivity index is 1.19. The number of H-pyrrole nitrogens is 1. The SMILES string of the molecule is COc1ccc2cc1-c1cccc(c1)OCC(=O)NCc1ccc(cc1)O[C@@H]1CCN(C(=O)Cc3[nH]nc4ccccc34)C[C@H]1NC2=O. The number of rotatable bonds is 3. The second kappa shape index (κ2) is 13.5. The molecule has 3 aliphatic rings. The Morgan fingerprint density at radius 1 is 0.958 bits per heavy atom. The molecule has 5 aromatic rings. The van der Waals surface area contributed by atoms with Crippen LogP contribution in [0.25, 0.3) is 22.0 Å². The molecule has 0 saturated carbocycles. The molecule has 6 bridgehead atoms. The Morgan fingerprint density at radius 2 is 1.81 bits per heavy atom. The van der Waals surface area contributed by atoms with Crippen LogP contribution in [0.15, 0.2) is 91.0 Å². The molecule has 1 saturated heterocycles. The molecular weight excluding hydrogens is 610 g/mol. The van der Waals surface area contributed by atoms with Gasteiger partial charge in [0, 0.05) is 42.6 Å². The van der Waals surface area contributed by atoms with E-state index in [1.165, 1.54) is 0 Å². The number of likely N-dealkylation sites (tertiary alicyclic amines) is 1. The Kier molecular flexibility index (Phi) is 8.65. The number of para-hydroxylation sites is 1. The summed E-state index contributed by atoms with van der Waals surface area (Å²) in [4.78, 5) is 41.8. The summed E-state index contributed by atoms with van der Waals surface area (Å²) in [5.41, 5.74) is 4.33. The van der Waals surface area contributed by atoms with Crippen LogP contribution < -0.4 is 24.8 Å². The number of nitrogens with zero attached hydrogens (tertiary/aromatic N) is 2. The molecular formula is C37H35N5O6. The quantitative estimate of drug-likeness (QED) is 0.267. The molecule has 2 atom stereocenters. The zero-order valence-corrected chi connectivity index (χ0v) is 26.4. The van der Waals surface area contributed by atoms with E-state index in [1.54, 1.807) is 42.3 Å². The zero-order chi connectivity index (χ0) is 33.0. The van der Waals surface area contributed by atoms with Crippen LogP contribution in [0.2, 0.25) is 0 Å². The van der Waals surface area contributed by atoms with E-state index >= 15 is 0 Å². The molecule has 0 unspecified atom stereocenters. The Morgan fingerprint density at radius 3 is 2.67 bits per heavy atom. The molecule has 0 aliphatic carbocycles. The van der Waals surface area contributed by atoms with Gasteiger partial charge in [0.2, 0.25) is 5.91 Å². The van der Waals surface area contributed by atoms with E-state index < -0.39 is 12.1 Å². The molecule has 1 fully saturated rings. The number of nitrogens with one attached hydrogen (secondary N) is 3. The third kappa shape index (κ3) is 6.66. The van der Waals surface area contributed by atoms with Gasteiger partial charge in [-0.25, -0.2) is 0 Å². The predicted octanol–water partition coefficient (Wildman–Crippen LogP) is 4.27. The van der Waals surface area contributed by atoms with Crippen molar-refractivity contribution in [3.63, 3.8) is 0 Å². The lowest BCUT2D eigenvalue weighted by Gasteiger charge is -2.39. The van der Waals surface area contributed by atoms with Crippen molar-refractivity contribution in [2.45, 2.75) is 31.5 Å². The van der Waals surface area contributed by atoms with E-state index in [0.717, 1.165) is 27.7 Å². The Labute approximate surface area is 277 Å². The fourth-order valence-electron chi connectivity index (χ4n) is 6.19. The standard InChI is InChI=1S/C37H35N5O6/c1-46-33-14-11-25-18-29(33)24-5-4-6-27(17-24)47-22-35(43)38-20-23-9-12-26(13-10-23)48-34-15-16-42(21-32(34)39-37(25)45)36(44)19-31-28-7-2-3-8-30(28)40-41-31/h2-14,17-18,32,34H,15-16,19-22H2,1H3,(H,38,43)(H,39,45)(H,40,41)/t32-,34-/m1/s1. The number of ether oxygens (including phenoxy) is 3. The average Bonchev–Trinajstić information content (AvgIpc) is 3.53. The largest absolute Gasteiger partial charge is 0.496 e. The van der Waals surface area contributed by atoms with Crippen molar-refractivity contribution in [1.29, 1.82) is 0 Å². The van der Waals surface area contributed by atoms with Crippen LogP contribution in [0.4, 0.5) is 0 Å². The number of aromatic nitrogens is 2. The fourth-order valence-corrected chi connectivity index (χ4v) is 6.19. The van der Waals surface area contributed by atoms with Crippen molar-refractivity contribution in [1.82, 2.24) is 25.7 Å². The Hall–Kier alpha value is -5.84. The van der Waals surface area contributed by atoms with E-state index in [-0.39, 0.29) is 37.3 Å². The summed E-state index contributed by atoms with van der Waals surface area (Å²) in [5.74, 6) is 1.09. The first-order valence-electron chi connectivity index (χ1n) is 15.9. The van der Waals surface area contributed by atoms with Gasteiger partial charge in [0.05, 0.1) is 30.8 Å². The second-order valence-corrected chi connectivity index (χ2v) is 11.9. The van der Waals surface area contributed by atoms with Crippen LogP contribution in [0.5, 0.6) is 17.2 Å². The normalized spacial score (nSPS) is 18.1. The number of carbonyl (C=O) groups is 3. The van der Waals surface area contributed by atoms with Crippen LogP contribution in [0.1, 0.15) is 28.0 Å². The lowest BCUT2D eigenvalue weighted by Crippen LogP contribution is -2.58. The van der Waals surface area contributed by atoms with Crippen molar-refractivity contribution in [2.75, 3.05) is 26.8 Å². The molecule has 244 valence electrons. The first-order valence-corrected chi connectivity index (χ1v) is 15.9. The molecule has 11 nitrogen and oxygen atoms in total. The maximum atomic E-state index is 13.9. The highest BCUT2D eigenvalue weighted by Gasteiger charge is 2.35. The van der Waals surface area contributed by atoms with Gasteiger partial charge >= 0.3 is 0 Å². The Bertz CT molecular complexity index is 1970. The van der Waals surface area contributed by atoms with Gasteiger partial charge in [0.25, 0.3) is 11.8 Å². The minimum Gasteiger partial charge on any atom is -0.496 e. The van der Waals surface area contributed by atoms with Crippen LogP contribution in [0.3, 0.4) is 0 Å². The van der Waals surface area contributed by atoms with Gasteiger partial charge in [0.15, 0.2) is 6.61 Å². The zero-order valence-electron chi connectivity index (χ0n) is 26.4. The molecule has 11 heteroatoms. The maximum absolute atomic E-state index is 13.9. The van der Waals surface area contributed by atoms with Crippen LogP contribution in [-0.4, -0.2) is 71.8 Å². The van der Waals surface area contributed by atoms with E-state index in [4.69, 9.17) is 14.2 Å². The van der Waals surface area contributed by atoms with E-state index in [2.05, 4.69) is 20.8 Å². The third-order valence-corrected chi connectivity index (χ3v) is 8.76. The van der Waals surface area contributed by atoms with E-state index in [9.17, 15) is 14.4 Å². The topological polar surface area (TPSA) is 135 Å². The number of amides is 3. The van der Waals surface area contributed by atoms with Gasteiger partial charge in [-0.1, -0.05) is 42.5 Å². The summed E-state index contributed by atoms with van der Waals surface area (Å²) in [6, 6.07) is 27.2. The smallest absolute Gasteiger partial charge is 0.258 e. The minimum atomic E-state index is -0.499. The van der Waals surface area contributed by atoms with Crippen molar-refractivity contribution >= 4 is 28.6 Å². The second-order valence-electron chi connectivity index (χ2n) is 11.9. The van der Waals surface area contributed by atoms with Gasteiger partial charge in [-0.2, -0.15) is 5.10 Å². The van der Waals surface area contributed by atoms with Crippen molar-refractivity contribution < 1.29 is 28.6 Å².